The van der Waals surface area contributed by atoms with Crippen molar-refractivity contribution in [3.63, 3.8) is 0 Å². The van der Waals surface area contributed by atoms with Crippen molar-refractivity contribution in [2.45, 2.75) is 19.9 Å². The largest absolute Gasteiger partial charge is 0.369 e. The van der Waals surface area contributed by atoms with Crippen LogP contribution in [0.4, 0.5) is 5.69 Å². The van der Waals surface area contributed by atoms with Gasteiger partial charge in [-0.05, 0) is 47.9 Å². The summed E-state index contributed by atoms with van der Waals surface area (Å²) >= 11 is 0. The Hall–Kier alpha value is -2.85. The summed E-state index contributed by atoms with van der Waals surface area (Å²) in [6, 6.07) is 23.2. The normalized spacial score (nSPS) is 16.0. The average Bonchev–Trinajstić information content (AvgIpc) is 2.74. The lowest BCUT2D eigenvalue weighted by atomic mass is 10.0. The fraction of sp³-hybridized carbons (Fsp3) is 0.320. The van der Waals surface area contributed by atoms with E-state index in [2.05, 4.69) is 83.6 Å². The van der Waals surface area contributed by atoms with Gasteiger partial charge in [-0.25, -0.2) is 0 Å². The molecule has 1 heterocycles. The lowest BCUT2D eigenvalue weighted by Crippen LogP contribution is -2.49. The molecule has 1 aliphatic rings. The molecule has 0 saturated carbocycles. The quantitative estimate of drug-likeness (QED) is 0.714. The second-order valence-corrected chi connectivity index (χ2v) is 7.95. The number of amides is 1. The van der Waals surface area contributed by atoms with Crippen LogP contribution in [0.3, 0.4) is 0 Å². The maximum atomic E-state index is 12.6. The van der Waals surface area contributed by atoms with Crippen molar-refractivity contribution in [1.82, 2.24) is 10.2 Å². The Labute approximate surface area is 173 Å². The van der Waals surface area contributed by atoms with Crippen LogP contribution in [0, 0.1) is 6.92 Å². The molecular weight excluding hydrogens is 358 g/mol. The van der Waals surface area contributed by atoms with Crippen LogP contribution < -0.4 is 10.2 Å². The minimum atomic E-state index is 0.000337. The van der Waals surface area contributed by atoms with Gasteiger partial charge in [-0.1, -0.05) is 54.6 Å². The zero-order chi connectivity index (χ0) is 20.2. The molecular formula is C25H29N3O. The van der Waals surface area contributed by atoms with Crippen molar-refractivity contribution < 1.29 is 4.79 Å². The first kappa shape index (κ1) is 19.5. The minimum absolute atomic E-state index is 0.000337. The van der Waals surface area contributed by atoms with E-state index < -0.39 is 0 Å². The summed E-state index contributed by atoms with van der Waals surface area (Å²) in [5.74, 6) is 0.0926. The molecule has 29 heavy (non-hydrogen) atoms. The molecule has 1 fully saturated rings. The molecule has 0 spiro atoms. The molecule has 0 aromatic heterocycles. The highest BCUT2D eigenvalue weighted by molar-refractivity contribution is 5.83. The molecule has 0 radical (unpaired) electrons. The van der Waals surface area contributed by atoms with E-state index in [-0.39, 0.29) is 11.9 Å². The highest BCUT2D eigenvalue weighted by Gasteiger charge is 2.20. The smallest absolute Gasteiger partial charge is 0.234 e. The van der Waals surface area contributed by atoms with Crippen LogP contribution >= 0.6 is 0 Å². The Kier molecular flexibility index (Phi) is 5.81. The maximum Gasteiger partial charge on any atom is 0.234 e. The highest BCUT2D eigenvalue weighted by atomic mass is 16.2. The molecule has 1 aliphatic heterocycles. The van der Waals surface area contributed by atoms with Gasteiger partial charge in [0.1, 0.15) is 0 Å². The number of fused-ring (bicyclic) bond motifs is 1. The number of benzene rings is 3. The van der Waals surface area contributed by atoms with E-state index in [1.807, 2.05) is 12.1 Å². The van der Waals surface area contributed by atoms with E-state index in [4.69, 9.17) is 0 Å². The Morgan fingerprint density at radius 2 is 1.62 bits per heavy atom. The predicted molar refractivity (Wildman–Crippen MR) is 120 cm³/mol. The number of anilines is 1. The number of rotatable bonds is 5. The van der Waals surface area contributed by atoms with Gasteiger partial charge in [-0.3, -0.25) is 9.69 Å². The Morgan fingerprint density at radius 3 is 2.38 bits per heavy atom. The molecule has 4 heteroatoms. The van der Waals surface area contributed by atoms with Crippen LogP contribution in [0.1, 0.15) is 24.1 Å². The van der Waals surface area contributed by atoms with Gasteiger partial charge in [-0.2, -0.15) is 0 Å². The third kappa shape index (κ3) is 4.60. The standard InChI is InChI=1S/C25H29N3O/c1-19-7-3-6-10-24(19)28-15-13-27(14-16-28)18-25(29)26-20(2)22-12-11-21-8-4-5-9-23(21)17-22/h3-12,17,20H,13-16,18H2,1-2H3,(H,26,29). The van der Waals surface area contributed by atoms with Crippen molar-refractivity contribution in [3.8, 4) is 0 Å². The predicted octanol–water partition coefficient (Wildman–Crippen LogP) is 4.15. The van der Waals surface area contributed by atoms with Crippen LogP contribution in [-0.4, -0.2) is 43.5 Å². The van der Waals surface area contributed by atoms with Gasteiger partial charge in [-0.15, -0.1) is 0 Å². The number of piperazine rings is 1. The van der Waals surface area contributed by atoms with Crippen molar-refractivity contribution in [2.24, 2.45) is 0 Å². The maximum absolute atomic E-state index is 12.6. The first-order valence-electron chi connectivity index (χ1n) is 10.4. The number of nitrogens with one attached hydrogen (secondary N) is 1. The van der Waals surface area contributed by atoms with E-state index in [9.17, 15) is 4.79 Å². The molecule has 4 nitrogen and oxygen atoms in total. The van der Waals surface area contributed by atoms with Gasteiger partial charge in [0.05, 0.1) is 12.6 Å². The molecule has 1 amide bonds. The van der Waals surface area contributed by atoms with Crippen LogP contribution in [-0.2, 0) is 4.79 Å². The number of nitrogens with zero attached hydrogens (tertiary/aromatic N) is 2. The average molecular weight is 388 g/mol. The van der Waals surface area contributed by atoms with E-state index in [0.717, 1.165) is 31.7 Å². The summed E-state index contributed by atoms with van der Waals surface area (Å²) in [4.78, 5) is 17.3. The van der Waals surface area contributed by atoms with Crippen molar-refractivity contribution in [2.75, 3.05) is 37.6 Å². The molecule has 3 aromatic rings. The summed E-state index contributed by atoms with van der Waals surface area (Å²) in [5.41, 5.74) is 3.76. The van der Waals surface area contributed by atoms with Crippen LogP contribution in [0.5, 0.6) is 0 Å². The monoisotopic (exact) mass is 387 g/mol. The molecule has 0 aliphatic carbocycles. The fourth-order valence-corrected chi connectivity index (χ4v) is 4.12. The zero-order valence-corrected chi connectivity index (χ0v) is 17.3. The third-order valence-corrected chi connectivity index (χ3v) is 5.85. The minimum Gasteiger partial charge on any atom is -0.369 e. The van der Waals surface area contributed by atoms with Gasteiger partial charge < -0.3 is 10.2 Å². The second kappa shape index (κ2) is 8.66. The molecule has 0 bridgehead atoms. The Bertz CT molecular complexity index is 992. The van der Waals surface area contributed by atoms with Gasteiger partial charge in [0.15, 0.2) is 0 Å². The first-order valence-corrected chi connectivity index (χ1v) is 10.4. The summed E-state index contributed by atoms with van der Waals surface area (Å²) in [5, 5.41) is 5.60. The van der Waals surface area contributed by atoms with Crippen LogP contribution in [0.15, 0.2) is 66.7 Å². The summed E-state index contributed by atoms with van der Waals surface area (Å²) in [7, 11) is 0. The number of carbonyl (C=O) groups excluding carboxylic acids is 1. The number of carbonyl (C=O) groups is 1. The van der Waals surface area contributed by atoms with E-state index in [1.54, 1.807) is 0 Å². The summed E-state index contributed by atoms with van der Waals surface area (Å²) < 4.78 is 0. The summed E-state index contributed by atoms with van der Waals surface area (Å²) in [6.07, 6.45) is 0. The molecule has 150 valence electrons. The van der Waals surface area contributed by atoms with Gasteiger partial charge in [0.25, 0.3) is 0 Å². The SMILES string of the molecule is Cc1ccccc1N1CCN(CC(=O)NC(C)c2ccc3ccccc3c2)CC1. The Morgan fingerprint density at radius 1 is 0.931 bits per heavy atom. The molecule has 3 aromatic carbocycles. The molecule has 1 saturated heterocycles. The van der Waals surface area contributed by atoms with Crippen molar-refractivity contribution in [3.05, 3.63) is 77.9 Å². The zero-order valence-electron chi connectivity index (χ0n) is 17.3. The summed E-state index contributed by atoms with van der Waals surface area (Å²) in [6.45, 7) is 8.40. The molecule has 1 N–H and O–H groups in total. The number of hydrogen-bond acceptors (Lipinski definition) is 3. The molecule has 1 unspecified atom stereocenters. The number of aryl methyl sites for hydroxylation is 1. The van der Waals surface area contributed by atoms with Gasteiger partial charge in [0.2, 0.25) is 5.91 Å². The van der Waals surface area contributed by atoms with Gasteiger partial charge in [0, 0.05) is 31.9 Å². The third-order valence-electron chi connectivity index (χ3n) is 5.85. The first-order chi connectivity index (χ1) is 14.1. The van der Waals surface area contributed by atoms with Crippen molar-refractivity contribution in [1.29, 1.82) is 0 Å². The van der Waals surface area contributed by atoms with Crippen LogP contribution in [0.25, 0.3) is 10.8 Å². The van der Waals surface area contributed by atoms with E-state index in [1.165, 1.54) is 22.0 Å². The number of para-hydroxylation sites is 1. The lowest BCUT2D eigenvalue weighted by molar-refractivity contribution is -0.123. The lowest BCUT2D eigenvalue weighted by Gasteiger charge is -2.36. The topological polar surface area (TPSA) is 35.6 Å². The Balaban J connectivity index is 1.30. The van der Waals surface area contributed by atoms with Crippen molar-refractivity contribution >= 4 is 22.4 Å². The highest BCUT2D eigenvalue weighted by Crippen LogP contribution is 2.22. The number of hydrogen-bond donors (Lipinski definition) is 1. The molecule has 1 atom stereocenters. The van der Waals surface area contributed by atoms with Crippen LogP contribution in [0.2, 0.25) is 0 Å². The molecule has 4 rings (SSSR count). The second-order valence-electron chi connectivity index (χ2n) is 7.95. The van der Waals surface area contributed by atoms with E-state index in [0.29, 0.717) is 6.54 Å². The van der Waals surface area contributed by atoms with E-state index >= 15 is 0 Å². The fourth-order valence-electron chi connectivity index (χ4n) is 4.12. The van der Waals surface area contributed by atoms with Gasteiger partial charge >= 0.3 is 0 Å².